The highest BCUT2D eigenvalue weighted by Crippen LogP contribution is 2.17. The summed E-state index contributed by atoms with van der Waals surface area (Å²) in [6.07, 6.45) is 9.45. The molecule has 0 radical (unpaired) electrons. The van der Waals surface area contributed by atoms with Gasteiger partial charge in [0, 0.05) is 13.1 Å². The quantitative estimate of drug-likeness (QED) is 0.492. The van der Waals surface area contributed by atoms with Crippen LogP contribution in [0.2, 0.25) is 0 Å². The van der Waals surface area contributed by atoms with Crippen LogP contribution in [-0.2, 0) is 0 Å². The van der Waals surface area contributed by atoms with Gasteiger partial charge in [-0.05, 0) is 25.2 Å². The van der Waals surface area contributed by atoms with Gasteiger partial charge in [0.05, 0.1) is 0 Å². The summed E-state index contributed by atoms with van der Waals surface area (Å²) in [6, 6.07) is 1.95. The second-order valence-corrected chi connectivity index (χ2v) is 3.96. The fraction of sp³-hybridized carbons (Fsp3) is 0.417. The number of aromatic nitrogens is 1. The minimum Gasteiger partial charge on any atom is -0.422 e. The van der Waals surface area contributed by atoms with Crippen molar-refractivity contribution in [1.82, 2.24) is 4.98 Å². The first-order valence-electron chi connectivity index (χ1n) is 5.61. The number of aryl methyl sites for hydroxylation is 1. The average Bonchev–Trinajstić information content (AvgIpc) is 2.71. The summed E-state index contributed by atoms with van der Waals surface area (Å²) in [5.74, 6) is 1.23. The third-order valence-corrected chi connectivity index (χ3v) is 2.60. The lowest BCUT2D eigenvalue weighted by molar-refractivity contribution is 0.533. The molecular weight excluding hydrogens is 216 g/mol. The van der Waals surface area contributed by atoms with Crippen molar-refractivity contribution in [3.8, 4) is 6.07 Å². The zero-order valence-electron chi connectivity index (χ0n) is 9.68. The predicted octanol–water partition coefficient (Wildman–Crippen LogP) is 2.61. The van der Waals surface area contributed by atoms with E-state index in [-0.39, 0.29) is 5.69 Å². The van der Waals surface area contributed by atoms with Gasteiger partial charge in [-0.1, -0.05) is 12.2 Å². The number of hydrazone groups is 1. The van der Waals surface area contributed by atoms with Gasteiger partial charge in [-0.25, -0.2) is 10.4 Å². The van der Waals surface area contributed by atoms with Crippen molar-refractivity contribution in [2.75, 3.05) is 5.43 Å². The van der Waals surface area contributed by atoms with Crippen LogP contribution in [0.25, 0.3) is 0 Å². The zero-order valence-corrected chi connectivity index (χ0v) is 9.68. The maximum Gasteiger partial charge on any atom is 0.252 e. The Bertz CT molecular complexity index is 481. The van der Waals surface area contributed by atoms with Crippen molar-refractivity contribution in [2.45, 2.75) is 26.2 Å². The van der Waals surface area contributed by atoms with Crippen LogP contribution in [0.1, 0.15) is 30.8 Å². The average molecular weight is 230 g/mol. The molecule has 1 aliphatic rings. The highest BCUT2D eigenvalue weighted by atomic mass is 16.4. The Morgan fingerprint density at radius 3 is 3.24 bits per heavy atom. The van der Waals surface area contributed by atoms with Crippen LogP contribution in [0.15, 0.2) is 21.7 Å². The number of oxazole rings is 1. The van der Waals surface area contributed by atoms with E-state index in [0.717, 1.165) is 19.3 Å². The van der Waals surface area contributed by atoms with E-state index in [1.54, 1.807) is 6.92 Å². The third kappa shape index (κ3) is 2.94. The van der Waals surface area contributed by atoms with Gasteiger partial charge in [0.1, 0.15) is 6.07 Å². The van der Waals surface area contributed by atoms with Crippen LogP contribution in [0, 0.1) is 24.2 Å². The van der Waals surface area contributed by atoms with Gasteiger partial charge in [0.2, 0.25) is 5.69 Å². The van der Waals surface area contributed by atoms with Gasteiger partial charge >= 0.3 is 0 Å². The normalized spacial score (nSPS) is 19.4. The van der Waals surface area contributed by atoms with E-state index in [0.29, 0.717) is 17.7 Å². The minimum atomic E-state index is 0.239. The summed E-state index contributed by atoms with van der Waals surface area (Å²) in [6.45, 7) is 1.70. The van der Waals surface area contributed by atoms with Gasteiger partial charge < -0.3 is 4.42 Å². The Hall–Kier alpha value is -2.09. The molecule has 2 rings (SSSR count). The van der Waals surface area contributed by atoms with Gasteiger partial charge in [0.15, 0.2) is 5.89 Å². The van der Waals surface area contributed by atoms with E-state index in [9.17, 15) is 0 Å². The molecule has 0 bridgehead atoms. The van der Waals surface area contributed by atoms with Crippen LogP contribution in [0.4, 0.5) is 5.88 Å². The molecule has 1 heterocycles. The number of hydrogen-bond acceptors (Lipinski definition) is 5. The molecule has 0 spiro atoms. The molecule has 1 aromatic rings. The van der Waals surface area contributed by atoms with Crippen molar-refractivity contribution in [2.24, 2.45) is 11.0 Å². The lowest BCUT2D eigenvalue weighted by Gasteiger charge is -2.11. The second-order valence-electron chi connectivity index (χ2n) is 3.96. The summed E-state index contributed by atoms with van der Waals surface area (Å²) < 4.78 is 5.22. The molecule has 0 fully saturated rings. The minimum absolute atomic E-state index is 0.239. The number of hydrogen-bond donors (Lipinski definition) is 1. The SMILES string of the molecule is Cc1nc(C#N)c(N/N=C/C2CC=CCC2)o1. The van der Waals surface area contributed by atoms with E-state index >= 15 is 0 Å². The molecule has 1 atom stereocenters. The van der Waals surface area contributed by atoms with Crippen molar-refractivity contribution in [3.05, 3.63) is 23.7 Å². The number of rotatable bonds is 3. The molecule has 0 aromatic carbocycles. The number of anilines is 1. The Morgan fingerprint density at radius 1 is 1.65 bits per heavy atom. The number of nitriles is 1. The van der Waals surface area contributed by atoms with E-state index < -0.39 is 0 Å². The summed E-state index contributed by atoms with van der Waals surface area (Å²) >= 11 is 0. The van der Waals surface area contributed by atoms with Crippen LogP contribution in [0.3, 0.4) is 0 Å². The van der Waals surface area contributed by atoms with Crippen LogP contribution in [0.5, 0.6) is 0 Å². The Labute approximate surface area is 99.8 Å². The highest BCUT2D eigenvalue weighted by Gasteiger charge is 2.10. The molecule has 0 aliphatic heterocycles. The lowest BCUT2D eigenvalue weighted by Crippen LogP contribution is -2.05. The van der Waals surface area contributed by atoms with Crippen LogP contribution >= 0.6 is 0 Å². The molecule has 1 aromatic heterocycles. The van der Waals surface area contributed by atoms with Crippen molar-refractivity contribution >= 4 is 12.1 Å². The maximum atomic E-state index is 8.81. The van der Waals surface area contributed by atoms with Crippen LogP contribution in [-0.4, -0.2) is 11.2 Å². The van der Waals surface area contributed by atoms with Gasteiger partial charge in [-0.2, -0.15) is 10.4 Å². The van der Waals surface area contributed by atoms with Crippen molar-refractivity contribution in [1.29, 1.82) is 5.26 Å². The molecule has 0 amide bonds. The molecule has 5 nitrogen and oxygen atoms in total. The molecule has 1 unspecified atom stereocenters. The first kappa shape index (κ1) is 11.4. The molecule has 5 heteroatoms. The number of allylic oxidation sites excluding steroid dienone is 2. The molecular formula is C12H14N4O. The molecule has 1 N–H and O–H groups in total. The number of nitrogens with zero attached hydrogens (tertiary/aromatic N) is 3. The summed E-state index contributed by atoms with van der Waals surface area (Å²) in [4.78, 5) is 3.92. The third-order valence-electron chi connectivity index (χ3n) is 2.60. The van der Waals surface area contributed by atoms with E-state index in [4.69, 9.17) is 9.68 Å². The topological polar surface area (TPSA) is 74.2 Å². The van der Waals surface area contributed by atoms with E-state index in [1.165, 1.54) is 0 Å². The first-order chi connectivity index (χ1) is 8.29. The van der Waals surface area contributed by atoms with Gasteiger partial charge in [0.25, 0.3) is 5.88 Å². The largest absolute Gasteiger partial charge is 0.422 e. The molecule has 1 aliphatic carbocycles. The maximum absolute atomic E-state index is 8.81. The highest BCUT2D eigenvalue weighted by molar-refractivity contribution is 5.63. The summed E-state index contributed by atoms with van der Waals surface area (Å²) in [5, 5.41) is 12.9. The van der Waals surface area contributed by atoms with Crippen molar-refractivity contribution in [3.63, 3.8) is 0 Å². The smallest absolute Gasteiger partial charge is 0.252 e. The monoisotopic (exact) mass is 230 g/mol. The molecule has 17 heavy (non-hydrogen) atoms. The lowest BCUT2D eigenvalue weighted by atomic mass is 9.96. The summed E-state index contributed by atoms with van der Waals surface area (Å²) in [7, 11) is 0. The van der Waals surface area contributed by atoms with Crippen molar-refractivity contribution < 1.29 is 4.42 Å². The zero-order chi connectivity index (χ0) is 12.1. The Morgan fingerprint density at radius 2 is 2.53 bits per heavy atom. The summed E-state index contributed by atoms with van der Waals surface area (Å²) in [5.41, 5.74) is 2.97. The predicted molar refractivity (Wildman–Crippen MR) is 64.6 cm³/mol. The first-order valence-corrected chi connectivity index (χ1v) is 5.61. The second kappa shape index (κ2) is 5.30. The van der Waals surface area contributed by atoms with E-state index in [2.05, 4.69) is 27.7 Å². The number of nitrogens with one attached hydrogen (secondary N) is 1. The fourth-order valence-electron chi connectivity index (χ4n) is 1.73. The van der Waals surface area contributed by atoms with Crippen LogP contribution < -0.4 is 5.43 Å². The molecule has 0 saturated heterocycles. The Balaban J connectivity index is 1.95. The Kier molecular flexibility index (Phi) is 3.55. The van der Waals surface area contributed by atoms with Gasteiger partial charge in [-0.15, -0.1) is 0 Å². The molecule has 88 valence electrons. The van der Waals surface area contributed by atoms with E-state index in [1.807, 2.05) is 12.3 Å². The fourth-order valence-corrected chi connectivity index (χ4v) is 1.73. The molecule has 0 saturated carbocycles. The van der Waals surface area contributed by atoms with Gasteiger partial charge in [-0.3, -0.25) is 0 Å². The standard InChI is InChI=1S/C12H14N4O/c1-9-15-11(7-13)12(17-9)16-14-8-10-5-3-2-4-6-10/h2-3,8,10,16H,4-6H2,1H3/b14-8+.